The Balaban J connectivity index is 1.61. The third-order valence-corrected chi connectivity index (χ3v) is 5.31. The standard InChI is InChI=1S/C24H30N2O3/c1-19(23(27)26-16-8-9-17-26)25-22(15-14-20-10-4-2-5-11-20)24(28)29-18-21-12-6-3-7-13-21/h2-7,10-13,19,22,25H,8-9,14-18H2,1H3/t19?,22-/m0/s1. The van der Waals surface area contributed by atoms with Gasteiger partial charge in [-0.2, -0.15) is 0 Å². The first-order chi connectivity index (χ1) is 14.1. The zero-order chi connectivity index (χ0) is 20.5. The molecule has 29 heavy (non-hydrogen) atoms. The summed E-state index contributed by atoms with van der Waals surface area (Å²) in [6.45, 7) is 3.67. The number of likely N-dealkylation sites (tertiary alicyclic amines) is 1. The molecule has 0 radical (unpaired) electrons. The number of nitrogens with one attached hydrogen (secondary N) is 1. The highest BCUT2D eigenvalue weighted by Crippen LogP contribution is 2.12. The maximum atomic E-state index is 12.8. The molecular formula is C24H30N2O3. The van der Waals surface area contributed by atoms with Crippen LogP contribution < -0.4 is 5.32 Å². The molecule has 0 aliphatic carbocycles. The predicted molar refractivity (Wildman–Crippen MR) is 113 cm³/mol. The maximum absolute atomic E-state index is 12.8. The molecule has 2 aromatic rings. The van der Waals surface area contributed by atoms with Crippen molar-refractivity contribution < 1.29 is 14.3 Å². The van der Waals surface area contributed by atoms with E-state index in [1.54, 1.807) is 0 Å². The van der Waals surface area contributed by atoms with Gasteiger partial charge in [-0.15, -0.1) is 0 Å². The van der Waals surface area contributed by atoms with Gasteiger partial charge in [-0.3, -0.25) is 14.9 Å². The number of amides is 1. The fourth-order valence-corrected chi connectivity index (χ4v) is 3.64. The smallest absolute Gasteiger partial charge is 0.323 e. The number of ether oxygens (including phenoxy) is 1. The van der Waals surface area contributed by atoms with Crippen LogP contribution in [-0.4, -0.2) is 41.9 Å². The molecule has 0 saturated carbocycles. The molecule has 0 spiro atoms. The first-order valence-electron chi connectivity index (χ1n) is 10.4. The number of hydrogen-bond acceptors (Lipinski definition) is 4. The summed E-state index contributed by atoms with van der Waals surface area (Å²) >= 11 is 0. The van der Waals surface area contributed by atoms with Gasteiger partial charge >= 0.3 is 5.97 Å². The van der Waals surface area contributed by atoms with Crippen molar-refractivity contribution in [2.45, 2.75) is 51.3 Å². The lowest BCUT2D eigenvalue weighted by molar-refractivity contribution is -0.148. The van der Waals surface area contributed by atoms with Crippen LogP contribution in [0.4, 0.5) is 0 Å². The van der Waals surface area contributed by atoms with Crippen LogP contribution >= 0.6 is 0 Å². The summed E-state index contributed by atoms with van der Waals surface area (Å²) in [5, 5.41) is 3.23. The van der Waals surface area contributed by atoms with Crippen LogP contribution in [0, 0.1) is 0 Å². The fraction of sp³-hybridized carbons (Fsp3) is 0.417. The summed E-state index contributed by atoms with van der Waals surface area (Å²) in [6, 6.07) is 18.7. The number of nitrogens with zero attached hydrogens (tertiary/aromatic N) is 1. The lowest BCUT2D eigenvalue weighted by Crippen LogP contribution is -2.50. The van der Waals surface area contributed by atoms with Crippen molar-refractivity contribution in [2.75, 3.05) is 13.1 Å². The Morgan fingerprint density at radius 1 is 0.966 bits per heavy atom. The highest BCUT2D eigenvalue weighted by molar-refractivity contribution is 5.83. The first-order valence-corrected chi connectivity index (χ1v) is 10.4. The van der Waals surface area contributed by atoms with Crippen LogP contribution in [0.2, 0.25) is 0 Å². The number of esters is 1. The minimum Gasteiger partial charge on any atom is -0.460 e. The van der Waals surface area contributed by atoms with E-state index in [2.05, 4.69) is 5.32 Å². The average Bonchev–Trinajstić information content (AvgIpc) is 3.30. The predicted octanol–water partition coefficient (Wildman–Crippen LogP) is 3.33. The Kier molecular flexibility index (Phi) is 7.82. The molecule has 1 fully saturated rings. The Labute approximate surface area is 173 Å². The van der Waals surface area contributed by atoms with Gasteiger partial charge in [-0.05, 0) is 43.7 Å². The Bertz CT molecular complexity index is 773. The number of hydrogen-bond donors (Lipinski definition) is 1. The third kappa shape index (κ3) is 6.43. The van der Waals surface area contributed by atoms with Crippen molar-refractivity contribution in [3.8, 4) is 0 Å². The molecule has 2 atom stereocenters. The zero-order valence-corrected chi connectivity index (χ0v) is 17.0. The quantitative estimate of drug-likeness (QED) is 0.663. The summed E-state index contributed by atoms with van der Waals surface area (Å²) in [4.78, 5) is 27.4. The second-order valence-corrected chi connectivity index (χ2v) is 7.59. The van der Waals surface area contributed by atoms with Crippen molar-refractivity contribution in [1.82, 2.24) is 10.2 Å². The summed E-state index contributed by atoms with van der Waals surface area (Å²) < 4.78 is 5.56. The van der Waals surface area contributed by atoms with E-state index < -0.39 is 12.1 Å². The van der Waals surface area contributed by atoms with Crippen molar-refractivity contribution in [2.24, 2.45) is 0 Å². The molecule has 1 N–H and O–H groups in total. The molecule has 1 heterocycles. The van der Waals surface area contributed by atoms with Gasteiger partial charge in [-0.1, -0.05) is 60.7 Å². The van der Waals surface area contributed by atoms with E-state index in [0.717, 1.165) is 43.5 Å². The summed E-state index contributed by atoms with van der Waals surface area (Å²) in [5.74, 6) is -0.256. The second-order valence-electron chi connectivity index (χ2n) is 7.59. The van der Waals surface area contributed by atoms with E-state index in [1.165, 1.54) is 0 Å². The maximum Gasteiger partial charge on any atom is 0.323 e. The van der Waals surface area contributed by atoms with Gasteiger partial charge in [0.1, 0.15) is 12.6 Å². The Hall–Kier alpha value is -2.66. The van der Waals surface area contributed by atoms with Crippen molar-refractivity contribution in [3.05, 3.63) is 71.8 Å². The molecule has 0 aromatic heterocycles. The molecule has 1 amide bonds. The van der Waals surface area contributed by atoms with E-state index in [9.17, 15) is 9.59 Å². The SMILES string of the molecule is CC(N[C@@H](CCc1ccccc1)C(=O)OCc1ccccc1)C(=O)N1CCCC1. The molecule has 5 heteroatoms. The molecular weight excluding hydrogens is 364 g/mol. The molecule has 1 aliphatic rings. The van der Waals surface area contributed by atoms with Gasteiger partial charge in [0.15, 0.2) is 0 Å². The summed E-state index contributed by atoms with van der Waals surface area (Å²) in [5.41, 5.74) is 2.11. The van der Waals surface area contributed by atoms with Crippen molar-refractivity contribution in [3.63, 3.8) is 0 Å². The van der Waals surface area contributed by atoms with Crippen molar-refractivity contribution in [1.29, 1.82) is 0 Å². The minimum absolute atomic E-state index is 0.0584. The Morgan fingerprint density at radius 3 is 2.17 bits per heavy atom. The number of rotatable bonds is 9. The second kappa shape index (κ2) is 10.8. The highest BCUT2D eigenvalue weighted by atomic mass is 16.5. The van der Waals surface area contributed by atoms with E-state index in [4.69, 9.17) is 4.74 Å². The van der Waals surface area contributed by atoms with E-state index in [1.807, 2.05) is 72.5 Å². The molecule has 154 valence electrons. The lowest BCUT2D eigenvalue weighted by Gasteiger charge is -2.25. The fourth-order valence-electron chi connectivity index (χ4n) is 3.64. The van der Waals surface area contributed by atoms with Gasteiger partial charge in [-0.25, -0.2) is 0 Å². The van der Waals surface area contributed by atoms with Crippen LogP contribution in [0.1, 0.15) is 37.3 Å². The largest absolute Gasteiger partial charge is 0.460 e. The molecule has 1 unspecified atom stereocenters. The summed E-state index contributed by atoms with van der Waals surface area (Å²) in [6.07, 6.45) is 3.42. The van der Waals surface area contributed by atoms with Gasteiger partial charge < -0.3 is 9.64 Å². The van der Waals surface area contributed by atoms with E-state index >= 15 is 0 Å². The minimum atomic E-state index is -0.527. The first kappa shape index (κ1) is 21.1. The molecule has 1 saturated heterocycles. The van der Waals surface area contributed by atoms with Crippen LogP contribution in [0.3, 0.4) is 0 Å². The zero-order valence-electron chi connectivity index (χ0n) is 17.0. The normalized spacial score (nSPS) is 15.7. The van der Waals surface area contributed by atoms with Crippen molar-refractivity contribution >= 4 is 11.9 Å². The molecule has 2 aromatic carbocycles. The number of carbonyl (C=O) groups excluding carboxylic acids is 2. The number of carbonyl (C=O) groups is 2. The topological polar surface area (TPSA) is 58.6 Å². The van der Waals surface area contributed by atoms with Gasteiger partial charge in [0.25, 0.3) is 0 Å². The van der Waals surface area contributed by atoms with Crippen LogP contribution in [0.25, 0.3) is 0 Å². The van der Waals surface area contributed by atoms with Gasteiger partial charge in [0, 0.05) is 13.1 Å². The van der Waals surface area contributed by atoms with Crippen LogP contribution in [0.5, 0.6) is 0 Å². The molecule has 1 aliphatic heterocycles. The Morgan fingerprint density at radius 2 is 1.55 bits per heavy atom. The molecule has 5 nitrogen and oxygen atoms in total. The highest BCUT2D eigenvalue weighted by Gasteiger charge is 2.28. The van der Waals surface area contributed by atoms with Crippen LogP contribution in [-0.2, 0) is 27.4 Å². The lowest BCUT2D eigenvalue weighted by atomic mass is 10.0. The van der Waals surface area contributed by atoms with E-state index in [-0.39, 0.29) is 18.5 Å². The molecule has 0 bridgehead atoms. The van der Waals surface area contributed by atoms with Gasteiger partial charge in [0.2, 0.25) is 5.91 Å². The number of benzene rings is 2. The third-order valence-electron chi connectivity index (χ3n) is 5.31. The molecule has 3 rings (SSSR count). The van der Waals surface area contributed by atoms with Crippen LogP contribution in [0.15, 0.2) is 60.7 Å². The van der Waals surface area contributed by atoms with E-state index in [0.29, 0.717) is 6.42 Å². The monoisotopic (exact) mass is 394 g/mol. The average molecular weight is 395 g/mol. The van der Waals surface area contributed by atoms with Gasteiger partial charge in [0.05, 0.1) is 6.04 Å². The summed E-state index contributed by atoms with van der Waals surface area (Å²) in [7, 11) is 0. The number of aryl methyl sites for hydroxylation is 1.